The van der Waals surface area contributed by atoms with Gasteiger partial charge < -0.3 is 29.7 Å². The van der Waals surface area contributed by atoms with Crippen molar-refractivity contribution < 1.29 is 19.0 Å². The second-order valence-electron chi connectivity index (χ2n) is 7.07. The summed E-state index contributed by atoms with van der Waals surface area (Å²) in [7, 11) is 1.56. The molecule has 2 aromatic carbocycles. The number of nitrogens with one attached hydrogen (secondary N) is 2. The van der Waals surface area contributed by atoms with Crippen LogP contribution in [0.3, 0.4) is 0 Å². The van der Waals surface area contributed by atoms with E-state index in [0.29, 0.717) is 36.2 Å². The van der Waals surface area contributed by atoms with E-state index in [1.807, 2.05) is 23.1 Å². The van der Waals surface area contributed by atoms with Crippen LogP contribution < -0.4 is 24.8 Å². The van der Waals surface area contributed by atoms with Gasteiger partial charge in [-0.3, -0.25) is 0 Å². The van der Waals surface area contributed by atoms with Crippen molar-refractivity contribution in [3.05, 3.63) is 41.4 Å². The van der Waals surface area contributed by atoms with Gasteiger partial charge >= 0.3 is 6.03 Å². The molecule has 8 heteroatoms. The molecular weight excluding hydrogens is 394 g/mol. The van der Waals surface area contributed by atoms with E-state index in [1.165, 1.54) is 0 Å². The van der Waals surface area contributed by atoms with Crippen molar-refractivity contribution in [1.29, 1.82) is 0 Å². The Labute approximate surface area is 174 Å². The van der Waals surface area contributed by atoms with Gasteiger partial charge in [0, 0.05) is 36.6 Å². The molecule has 29 heavy (non-hydrogen) atoms. The van der Waals surface area contributed by atoms with Gasteiger partial charge in [0.15, 0.2) is 11.5 Å². The highest BCUT2D eigenvalue weighted by Crippen LogP contribution is 2.33. The second-order valence-corrected chi connectivity index (χ2v) is 7.47. The monoisotopic (exact) mass is 417 g/mol. The molecule has 2 N–H and O–H groups in total. The van der Waals surface area contributed by atoms with Crippen molar-refractivity contribution in [2.45, 2.75) is 18.9 Å². The number of anilines is 2. The van der Waals surface area contributed by atoms with Gasteiger partial charge in [-0.25, -0.2) is 4.79 Å². The van der Waals surface area contributed by atoms with Crippen molar-refractivity contribution in [2.24, 2.45) is 0 Å². The van der Waals surface area contributed by atoms with Crippen LogP contribution in [-0.2, 0) is 0 Å². The number of hydrogen-bond donors (Lipinski definition) is 2. The second kappa shape index (κ2) is 8.69. The summed E-state index contributed by atoms with van der Waals surface area (Å²) in [5, 5.41) is 6.88. The number of benzene rings is 2. The number of likely N-dealkylation sites (tertiary alicyclic amines) is 1. The van der Waals surface area contributed by atoms with Gasteiger partial charge in [0.05, 0.1) is 12.1 Å². The van der Waals surface area contributed by atoms with Crippen molar-refractivity contribution in [3.63, 3.8) is 0 Å². The van der Waals surface area contributed by atoms with Crippen LogP contribution in [0.4, 0.5) is 16.2 Å². The minimum absolute atomic E-state index is 0.139. The zero-order valence-electron chi connectivity index (χ0n) is 16.2. The van der Waals surface area contributed by atoms with Gasteiger partial charge in [-0.2, -0.15) is 0 Å². The molecule has 0 unspecified atom stereocenters. The summed E-state index contributed by atoms with van der Waals surface area (Å²) >= 11 is 6.14. The van der Waals surface area contributed by atoms with Crippen LogP contribution in [0, 0.1) is 0 Å². The van der Waals surface area contributed by atoms with E-state index in [4.69, 9.17) is 25.8 Å². The molecule has 154 valence electrons. The predicted molar refractivity (Wildman–Crippen MR) is 113 cm³/mol. The molecule has 0 aliphatic carbocycles. The summed E-state index contributed by atoms with van der Waals surface area (Å²) in [6.45, 7) is 2.47. The van der Waals surface area contributed by atoms with Crippen LogP contribution in [-0.4, -0.2) is 50.4 Å². The van der Waals surface area contributed by atoms with E-state index in [2.05, 4.69) is 10.6 Å². The number of carbonyl (C=O) groups excluding carboxylic acids is 1. The molecule has 1 saturated heterocycles. The fourth-order valence-electron chi connectivity index (χ4n) is 3.59. The first kappa shape index (κ1) is 19.5. The Morgan fingerprint density at radius 3 is 2.72 bits per heavy atom. The number of hydrogen-bond acceptors (Lipinski definition) is 5. The summed E-state index contributed by atoms with van der Waals surface area (Å²) < 4.78 is 16.4. The zero-order valence-corrected chi connectivity index (χ0v) is 17.0. The molecule has 0 bridgehead atoms. The summed E-state index contributed by atoms with van der Waals surface area (Å²) in [5.41, 5.74) is 1.60. The number of fused-ring (bicyclic) bond motifs is 1. The summed E-state index contributed by atoms with van der Waals surface area (Å²) in [6.07, 6.45) is 1.92. The number of rotatable bonds is 4. The molecule has 0 aromatic heterocycles. The van der Waals surface area contributed by atoms with Crippen LogP contribution >= 0.6 is 11.6 Å². The van der Waals surface area contributed by atoms with Crippen LogP contribution in [0.15, 0.2) is 36.4 Å². The lowest BCUT2D eigenvalue weighted by molar-refractivity contribution is 0.171. The van der Waals surface area contributed by atoms with Crippen molar-refractivity contribution in [2.75, 3.05) is 44.0 Å². The van der Waals surface area contributed by atoms with Crippen LogP contribution in [0.2, 0.25) is 5.02 Å². The minimum atomic E-state index is -0.139. The first-order valence-corrected chi connectivity index (χ1v) is 10.1. The van der Waals surface area contributed by atoms with Gasteiger partial charge in [-0.1, -0.05) is 11.6 Å². The maximum atomic E-state index is 12.7. The maximum Gasteiger partial charge on any atom is 0.321 e. The Morgan fingerprint density at radius 1 is 1.14 bits per heavy atom. The third kappa shape index (κ3) is 4.62. The van der Waals surface area contributed by atoms with Crippen molar-refractivity contribution in [3.8, 4) is 17.2 Å². The standard InChI is InChI=1S/C21H24ClN3O4/c1-27-18-6-4-14(11-17(18)22)24-21(26)25-8-2-3-16(13-25)23-15-5-7-19-20(12-15)29-10-9-28-19/h4-7,11-12,16,23H,2-3,8-10,13H2,1H3,(H,24,26)/t16-/m0/s1. The number of carbonyl (C=O) groups is 1. The fourth-order valence-corrected chi connectivity index (χ4v) is 3.85. The Kier molecular flexibility index (Phi) is 5.85. The van der Waals surface area contributed by atoms with Gasteiger partial charge in [-0.05, 0) is 43.2 Å². The number of nitrogens with zero attached hydrogens (tertiary/aromatic N) is 1. The average Bonchev–Trinajstić information content (AvgIpc) is 2.74. The number of urea groups is 1. The van der Waals surface area contributed by atoms with E-state index < -0.39 is 0 Å². The van der Waals surface area contributed by atoms with Crippen molar-refractivity contribution >= 4 is 29.0 Å². The predicted octanol–water partition coefficient (Wildman–Crippen LogP) is 4.23. The Hall–Kier alpha value is -2.80. The van der Waals surface area contributed by atoms with Crippen LogP contribution in [0.5, 0.6) is 17.2 Å². The maximum absolute atomic E-state index is 12.7. The molecule has 0 radical (unpaired) electrons. The van der Waals surface area contributed by atoms with Gasteiger partial charge in [-0.15, -0.1) is 0 Å². The lowest BCUT2D eigenvalue weighted by atomic mass is 10.1. The van der Waals surface area contributed by atoms with Gasteiger partial charge in [0.25, 0.3) is 0 Å². The number of halogens is 1. The summed E-state index contributed by atoms with van der Waals surface area (Å²) in [6, 6.07) is 11.1. The van der Waals surface area contributed by atoms with Gasteiger partial charge in [0.1, 0.15) is 19.0 Å². The quantitative estimate of drug-likeness (QED) is 0.779. The van der Waals surface area contributed by atoms with Crippen molar-refractivity contribution in [1.82, 2.24) is 4.90 Å². The van der Waals surface area contributed by atoms with E-state index in [-0.39, 0.29) is 12.1 Å². The highest BCUT2D eigenvalue weighted by molar-refractivity contribution is 6.32. The highest BCUT2D eigenvalue weighted by Gasteiger charge is 2.24. The molecule has 2 heterocycles. The third-order valence-corrected chi connectivity index (χ3v) is 5.32. The molecule has 2 aromatic rings. The number of ether oxygens (including phenoxy) is 3. The largest absolute Gasteiger partial charge is 0.495 e. The molecular formula is C21H24ClN3O4. The van der Waals surface area contributed by atoms with E-state index in [0.717, 1.165) is 36.6 Å². The van der Waals surface area contributed by atoms with Crippen LogP contribution in [0.1, 0.15) is 12.8 Å². The first-order chi connectivity index (χ1) is 14.1. The molecule has 1 fully saturated rings. The lowest BCUT2D eigenvalue weighted by Crippen LogP contribution is -2.46. The Balaban J connectivity index is 1.36. The van der Waals surface area contributed by atoms with Gasteiger partial charge in [0.2, 0.25) is 0 Å². The number of methoxy groups -OCH3 is 1. The molecule has 2 aliphatic heterocycles. The molecule has 2 aliphatic rings. The molecule has 2 amide bonds. The third-order valence-electron chi connectivity index (χ3n) is 5.02. The fraction of sp³-hybridized carbons (Fsp3) is 0.381. The van der Waals surface area contributed by atoms with E-state index in [9.17, 15) is 4.79 Å². The summed E-state index contributed by atoms with van der Waals surface area (Å²) in [5.74, 6) is 2.10. The Bertz CT molecular complexity index is 892. The smallest absolute Gasteiger partial charge is 0.321 e. The molecule has 0 spiro atoms. The number of amides is 2. The Morgan fingerprint density at radius 2 is 1.93 bits per heavy atom. The van der Waals surface area contributed by atoms with E-state index in [1.54, 1.807) is 25.3 Å². The molecule has 7 nitrogen and oxygen atoms in total. The zero-order chi connectivity index (χ0) is 20.2. The molecule has 4 rings (SSSR count). The SMILES string of the molecule is COc1ccc(NC(=O)N2CCC[C@H](Nc3ccc4c(c3)OCCO4)C2)cc1Cl. The van der Waals surface area contributed by atoms with E-state index >= 15 is 0 Å². The minimum Gasteiger partial charge on any atom is -0.495 e. The normalized spacial score (nSPS) is 18.1. The lowest BCUT2D eigenvalue weighted by Gasteiger charge is -2.34. The molecule has 0 saturated carbocycles. The number of piperidine rings is 1. The van der Waals surface area contributed by atoms with Crippen LogP contribution in [0.25, 0.3) is 0 Å². The highest BCUT2D eigenvalue weighted by atomic mass is 35.5. The average molecular weight is 418 g/mol. The molecule has 1 atom stereocenters. The first-order valence-electron chi connectivity index (χ1n) is 9.68. The summed E-state index contributed by atoms with van der Waals surface area (Å²) in [4.78, 5) is 14.5. The topological polar surface area (TPSA) is 72.1 Å².